The summed E-state index contributed by atoms with van der Waals surface area (Å²) >= 11 is 1.29. The number of H-pyrrole nitrogens is 1. The molecule has 0 aliphatic rings. The fourth-order valence-corrected chi connectivity index (χ4v) is 2.02. The lowest BCUT2D eigenvalue weighted by Gasteiger charge is -2.02. The minimum absolute atomic E-state index is 0.164. The van der Waals surface area contributed by atoms with Gasteiger partial charge in [0, 0.05) is 25.0 Å². The van der Waals surface area contributed by atoms with E-state index < -0.39 is 0 Å². The lowest BCUT2D eigenvalue weighted by Crippen LogP contribution is -2.08. The number of hydrogen-bond donors (Lipinski definition) is 2. The van der Waals surface area contributed by atoms with E-state index in [9.17, 15) is 4.79 Å². The topological polar surface area (TPSA) is 83.6 Å². The Morgan fingerprint density at radius 1 is 1.41 bits per heavy atom. The molecule has 2 rings (SSSR count). The number of nitrogens with one attached hydrogen (secondary N) is 2. The molecule has 2 aromatic heterocycles. The molecule has 0 atom stereocenters. The molecule has 0 aliphatic carbocycles. The second-order valence-electron chi connectivity index (χ2n) is 3.26. The van der Waals surface area contributed by atoms with Gasteiger partial charge in [-0.2, -0.15) is 0 Å². The molecule has 0 bridgehead atoms. The molecule has 0 fully saturated rings. The third-order valence-electron chi connectivity index (χ3n) is 1.90. The maximum atomic E-state index is 11.3. The van der Waals surface area contributed by atoms with Gasteiger partial charge in [-0.25, -0.2) is 15.0 Å². The monoisotopic (exact) mass is 249 g/mol. The Kier molecular flexibility index (Phi) is 3.38. The first kappa shape index (κ1) is 11.6. The molecule has 0 radical (unpaired) electrons. The van der Waals surface area contributed by atoms with Crippen LogP contribution in [-0.2, 0) is 0 Å². The molecule has 2 aromatic rings. The van der Waals surface area contributed by atoms with Crippen molar-refractivity contribution in [3.8, 4) is 0 Å². The summed E-state index contributed by atoms with van der Waals surface area (Å²) in [4.78, 5) is 26.4. The van der Waals surface area contributed by atoms with Crippen molar-refractivity contribution >= 4 is 17.7 Å². The summed E-state index contributed by atoms with van der Waals surface area (Å²) in [5, 5.41) is 4.09. The highest BCUT2D eigenvalue weighted by Gasteiger charge is 2.03. The van der Waals surface area contributed by atoms with Crippen LogP contribution in [0.5, 0.6) is 0 Å². The average molecular weight is 249 g/mol. The molecule has 0 saturated heterocycles. The van der Waals surface area contributed by atoms with Gasteiger partial charge >= 0.3 is 0 Å². The van der Waals surface area contributed by atoms with E-state index in [0.29, 0.717) is 16.8 Å². The molecule has 2 heterocycles. The van der Waals surface area contributed by atoms with Crippen molar-refractivity contribution in [1.82, 2.24) is 19.9 Å². The SMILES string of the molecule is CNc1nccc(Sc2nc(C)cc(=O)[nH]2)n1. The van der Waals surface area contributed by atoms with E-state index in [1.165, 1.54) is 17.8 Å². The molecule has 0 saturated carbocycles. The predicted octanol–water partition coefficient (Wildman–Crippen LogP) is 1.06. The lowest BCUT2D eigenvalue weighted by molar-refractivity contribution is 0.900. The smallest absolute Gasteiger partial charge is 0.251 e. The first-order valence-electron chi connectivity index (χ1n) is 4.94. The van der Waals surface area contributed by atoms with Crippen molar-refractivity contribution in [2.45, 2.75) is 17.1 Å². The van der Waals surface area contributed by atoms with Gasteiger partial charge in [0.1, 0.15) is 5.03 Å². The summed E-state index contributed by atoms with van der Waals surface area (Å²) < 4.78 is 0. The van der Waals surface area contributed by atoms with Gasteiger partial charge in [0.25, 0.3) is 5.56 Å². The Hall–Kier alpha value is -1.89. The Morgan fingerprint density at radius 3 is 2.94 bits per heavy atom. The van der Waals surface area contributed by atoms with Crippen LogP contribution in [0.3, 0.4) is 0 Å². The number of nitrogens with zero attached hydrogens (tertiary/aromatic N) is 3. The Balaban J connectivity index is 2.27. The van der Waals surface area contributed by atoms with Gasteiger partial charge in [0.2, 0.25) is 5.95 Å². The number of aryl methyl sites for hydroxylation is 1. The van der Waals surface area contributed by atoms with Crippen LogP contribution in [-0.4, -0.2) is 27.0 Å². The molecule has 6 nitrogen and oxygen atoms in total. The van der Waals surface area contributed by atoms with Crippen LogP contribution in [0, 0.1) is 6.92 Å². The van der Waals surface area contributed by atoms with Crippen LogP contribution in [0.1, 0.15) is 5.69 Å². The van der Waals surface area contributed by atoms with Gasteiger partial charge in [-0.05, 0) is 24.8 Å². The zero-order valence-corrected chi connectivity index (χ0v) is 10.2. The molecule has 17 heavy (non-hydrogen) atoms. The fraction of sp³-hybridized carbons (Fsp3) is 0.200. The van der Waals surface area contributed by atoms with Crippen LogP contribution in [0.15, 0.2) is 33.3 Å². The van der Waals surface area contributed by atoms with Gasteiger partial charge in [-0.1, -0.05) is 0 Å². The van der Waals surface area contributed by atoms with Gasteiger partial charge in [0.05, 0.1) is 0 Å². The zero-order chi connectivity index (χ0) is 12.3. The molecule has 0 aromatic carbocycles. The minimum Gasteiger partial charge on any atom is -0.357 e. The van der Waals surface area contributed by atoms with Crippen LogP contribution >= 0.6 is 11.8 Å². The van der Waals surface area contributed by atoms with Crippen molar-refractivity contribution in [1.29, 1.82) is 0 Å². The van der Waals surface area contributed by atoms with Crippen molar-refractivity contribution < 1.29 is 0 Å². The first-order chi connectivity index (χ1) is 8.17. The van der Waals surface area contributed by atoms with Gasteiger partial charge in [-0.3, -0.25) is 4.79 Å². The van der Waals surface area contributed by atoms with E-state index in [0.717, 1.165) is 5.03 Å². The van der Waals surface area contributed by atoms with Crippen molar-refractivity contribution in [3.63, 3.8) is 0 Å². The summed E-state index contributed by atoms with van der Waals surface area (Å²) in [7, 11) is 1.75. The van der Waals surface area contributed by atoms with Crippen LogP contribution in [0.25, 0.3) is 0 Å². The summed E-state index contributed by atoms with van der Waals surface area (Å²) in [5.41, 5.74) is 0.516. The summed E-state index contributed by atoms with van der Waals surface area (Å²) in [6.45, 7) is 1.78. The summed E-state index contributed by atoms with van der Waals surface area (Å²) in [5.74, 6) is 0.532. The molecule has 0 aliphatic heterocycles. The van der Waals surface area contributed by atoms with E-state index in [2.05, 4.69) is 25.3 Å². The third kappa shape index (κ3) is 3.04. The van der Waals surface area contributed by atoms with Crippen LogP contribution in [0.2, 0.25) is 0 Å². The third-order valence-corrected chi connectivity index (χ3v) is 2.73. The molecular weight excluding hydrogens is 238 g/mol. The van der Waals surface area contributed by atoms with Crippen molar-refractivity contribution in [3.05, 3.63) is 34.4 Å². The van der Waals surface area contributed by atoms with E-state index >= 15 is 0 Å². The quantitative estimate of drug-likeness (QED) is 0.625. The number of anilines is 1. The van der Waals surface area contributed by atoms with Gasteiger partial charge in [0.15, 0.2) is 5.16 Å². The number of hydrogen-bond acceptors (Lipinski definition) is 6. The maximum Gasteiger partial charge on any atom is 0.251 e. The number of aromatic amines is 1. The van der Waals surface area contributed by atoms with Crippen molar-refractivity contribution in [2.24, 2.45) is 0 Å². The molecule has 88 valence electrons. The van der Waals surface area contributed by atoms with E-state index in [4.69, 9.17) is 0 Å². The standard InChI is InChI=1S/C10H11N5OS/c1-6-5-7(16)14-10(13-6)17-8-3-4-12-9(11-2)15-8/h3-5H,1-2H3,(H,11,12,15)(H,13,14,16). The van der Waals surface area contributed by atoms with Crippen molar-refractivity contribution in [2.75, 3.05) is 12.4 Å². The Bertz CT molecular complexity index is 583. The average Bonchev–Trinajstić information content (AvgIpc) is 2.28. The highest BCUT2D eigenvalue weighted by Crippen LogP contribution is 2.21. The maximum absolute atomic E-state index is 11.3. The summed E-state index contributed by atoms with van der Waals surface area (Å²) in [6, 6.07) is 3.21. The molecule has 0 amide bonds. The first-order valence-corrected chi connectivity index (χ1v) is 5.75. The zero-order valence-electron chi connectivity index (χ0n) is 9.39. The van der Waals surface area contributed by atoms with Crippen LogP contribution in [0.4, 0.5) is 5.95 Å². The largest absolute Gasteiger partial charge is 0.357 e. The van der Waals surface area contributed by atoms with Crippen LogP contribution < -0.4 is 10.9 Å². The minimum atomic E-state index is -0.164. The van der Waals surface area contributed by atoms with Gasteiger partial charge < -0.3 is 10.3 Å². The Labute approximate surface area is 102 Å². The lowest BCUT2D eigenvalue weighted by atomic mass is 10.5. The second kappa shape index (κ2) is 4.96. The van der Waals surface area contributed by atoms with E-state index in [1.807, 2.05) is 0 Å². The van der Waals surface area contributed by atoms with E-state index in [-0.39, 0.29) is 5.56 Å². The normalized spacial score (nSPS) is 10.2. The highest BCUT2D eigenvalue weighted by atomic mass is 32.2. The predicted molar refractivity (Wildman–Crippen MR) is 65.3 cm³/mol. The number of aromatic nitrogens is 4. The molecule has 0 unspecified atom stereocenters. The molecular formula is C10H11N5OS. The molecule has 7 heteroatoms. The van der Waals surface area contributed by atoms with E-state index in [1.54, 1.807) is 26.2 Å². The van der Waals surface area contributed by atoms with Gasteiger partial charge in [-0.15, -0.1) is 0 Å². The fourth-order valence-electron chi connectivity index (χ4n) is 1.22. The summed E-state index contributed by atoms with van der Waals surface area (Å²) in [6.07, 6.45) is 1.65. The molecule has 2 N–H and O–H groups in total. The second-order valence-corrected chi connectivity index (χ2v) is 4.27. The molecule has 0 spiro atoms. The highest BCUT2D eigenvalue weighted by molar-refractivity contribution is 7.99. The number of rotatable bonds is 3. The Morgan fingerprint density at radius 2 is 2.24 bits per heavy atom.